The van der Waals surface area contributed by atoms with Gasteiger partial charge in [-0.2, -0.15) is 0 Å². The van der Waals surface area contributed by atoms with Crippen molar-refractivity contribution in [3.63, 3.8) is 0 Å². The zero-order valence-corrected chi connectivity index (χ0v) is 13.0. The highest BCUT2D eigenvalue weighted by atomic mass is 35.5. The second-order valence-electron chi connectivity index (χ2n) is 4.50. The smallest absolute Gasteiger partial charge is 0.124 e. The van der Waals surface area contributed by atoms with Crippen molar-refractivity contribution in [1.82, 2.24) is 5.32 Å². The van der Waals surface area contributed by atoms with Crippen LogP contribution in [0.15, 0.2) is 42.5 Å². The van der Waals surface area contributed by atoms with Crippen molar-refractivity contribution >= 4 is 23.2 Å². The zero-order valence-electron chi connectivity index (χ0n) is 11.5. The molecule has 0 atom stereocenters. The Morgan fingerprint density at radius 1 is 1.00 bits per heavy atom. The van der Waals surface area contributed by atoms with Crippen molar-refractivity contribution in [1.29, 1.82) is 0 Å². The van der Waals surface area contributed by atoms with Gasteiger partial charge in [-0.3, -0.25) is 0 Å². The Bertz CT molecular complexity index is 570. The van der Waals surface area contributed by atoms with Gasteiger partial charge >= 0.3 is 0 Å². The molecular weight excluding hydrogens is 309 g/mol. The normalized spacial score (nSPS) is 10.6. The van der Waals surface area contributed by atoms with E-state index in [1.807, 2.05) is 24.3 Å². The number of nitrogens with one attached hydrogen (secondary N) is 1. The average molecular weight is 326 g/mol. The van der Waals surface area contributed by atoms with Crippen molar-refractivity contribution in [2.24, 2.45) is 0 Å². The molecule has 0 spiro atoms. The molecule has 2 rings (SSSR count). The molecule has 0 aliphatic heterocycles. The lowest BCUT2D eigenvalue weighted by Crippen LogP contribution is -2.18. The van der Waals surface area contributed by atoms with Crippen LogP contribution in [0.3, 0.4) is 0 Å². The summed E-state index contributed by atoms with van der Waals surface area (Å²) in [6.07, 6.45) is 0. The second-order valence-corrected chi connectivity index (χ2v) is 5.31. The fourth-order valence-electron chi connectivity index (χ4n) is 1.91. The molecule has 0 bridgehead atoms. The van der Waals surface area contributed by atoms with Crippen molar-refractivity contribution in [3.05, 3.63) is 63.6 Å². The lowest BCUT2D eigenvalue weighted by atomic mass is 10.2. The van der Waals surface area contributed by atoms with Crippen LogP contribution in [0.5, 0.6) is 5.75 Å². The van der Waals surface area contributed by atoms with E-state index in [-0.39, 0.29) is 6.61 Å². The number of hydrogen-bond donors (Lipinski definition) is 2. The van der Waals surface area contributed by atoms with Crippen LogP contribution in [-0.2, 0) is 13.2 Å². The molecule has 2 aromatic carbocycles. The van der Waals surface area contributed by atoms with E-state index in [9.17, 15) is 0 Å². The standard InChI is InChI=1S/C16H17Cl2NO2/c17-14-5-3-6-15(18)13(14)11-21-16-7-2-1-4-12(16)10-19-8-9-20/h1-7,19-20H,8-11H2. The van der Waals surface area contributed by atoms with Gasteiger partial charge in [0, 0.05) is 34.3 Å². The molecule has 112 valence electrons. The topological polar surface area (TPSA) is 41.5 Å². The number of hydrogen-bond acceptors (Lipinski definition) is 3. The summed E-state index contributed by atoms with van der Waals surface area (Å²) in [6.45, 7) is 1.60. The van der Waals surface area contributed by atoms with Gasteiger partial charge in [0.25, 0.3) is 0 Å². The number of ether oxygens (including phenoxy) is 1. The first kappa shape index (κ1) is 16.1. The van der Waals surface area contributed by atoms with Crippen LogP contribution in [0.2, 0.25) is 10.0 Å². The maximum Gasteiger partial charge on any atom is 0.124 e. The minimum absolute atomic E-state index is 0.109. The average Bonchev–Trinajstić information content (AvgIpc) is 2.48. The number of benzene rings is 2. The molecule has 0 heterocycles. The Balaban J connectivity index is 2.06. The molecule has 2 N–H and O–H groups in total. The molecule has 0 saturated heterocycles. The molecular formula is C16H17Cl2NO2. The number of aliphatic hydroxyl groups excluding tert-OH is 1. The van der Waals surface area contributed by atoms with Crippen LogP contribution in [0, 0.1) is 0 Å². The molecule has 0 aliphatic carbocycles. The van der Waals surface area contributed by atoms with E-state index in [0.717, 1.165) is 16.9 Å². The van der Waals surface area contributed by atoms with Gasteiger partial charge in [0.15, 0.2) is 0 Å². The molecule has 21 heavy (non-hydrogen) atoms. The van der Waals surface area contributed by atoms with Crippen LogP contribution < -0.4 is 10.1 Å². The summed E-state index contributed by atoms with van der Waals surface area (Å²) in [5.74, 6) is 0.777. The lowest BCUT2D eigenvalue weighted by molar-refractivity contribution is 0.288. The maximum absolute atomic E-state index is 8.80. The Hall–Kier alpha value is -1.26. The van der Waals surface area contributed by atoms with Crippen LogP contribution in [0.1, 0.15) is 11.1 Å². The molecule has 0 fully saturated rings. The Morgan fingerprint density at radius 2 is 1.71 bits per heavy atom. The number of rotatable bonds is 7. The Morgan fingerprint density at radius 3 is 2.43 bits per heavy atom. The highest BCUT2D eigenvalue weighted by Gasteiger charge is 2.08. The van der Waals surface area contributed by atoms with E-state index in [0.29, 0.717) is 29.7 Å². The van der Waals surface area contributed by atoms with Gasteiger partial charge in [-0.1, -0.05) is 47.5 Å². The lowest BCUT2D eigenvalue weighted by Gasteiger charge is -2.13. The molecule has 2 aromatic rings. The molecule has 0 amide bonds. The fraction of sp³-hybridized carbons (Fsp3) is 0.250. The summed E-state index contributed by atoms with van der Waals surface area (Å²) in [4.78, 5) is 0. The SMILES string of the molecule is OCCNCc1ccccc1OCc1c(Cl)cccc1Cl. The van der Waals surface area contributed by atoms with E-state index >= 15 is 0 Å². The summed E-state index contributed by atoms with van der Waals surface area (Å²) >= 11 is 12.3. The van der Waals surface area contributed by atoms with Crippen LogP contribution >= 0.6 is 23.2 Å². The first-order valence-corrected chi connectivity index (χ1v) is 7.43. The van der Waals surface area contributed by atoms with Crippen LogP contribution in [0.4, 0.5) is 0 Å². The van der Waals surface area contributed by atoms with Gasteiger partial charge < -0.3 is 15.2 Å². The van der Waals surface area contributed by atoms with Gasteiger partial charge in [0.2, 0.25) is 0 Å². The summed E-state index contributed by atoms with van der Waals surface area (Å²) in [6, 6.07) is 13.1. The van der Waals surface area contributed by atoms with Crippen LogP contribution in [-0.4, -0.2) is 18.3 Å². The van der Waals surface area contributed by atoms with Crippen LogP contribution in [0.25, 0.3) is 0 Å². The van der Waals surface area contributed by atoms with E-state index in [2.05, 4.69) is 5.32 Å². The highest BCUT2D eigenvalue weighted by molar-refractivity contribution is 6.35. The van der Waals surface area contributed by atoms with E-state index in [1.54, 1.807) is 18.2 Å². The van der Waals surface area contributed by atoms with E-state index in [1.165, 1.54) is 0 Å². The van der Waals surface area contributed by atoms with Crippen molar-refractivity contribution in [3.8, 4) is 5.75 Å². The largest absolute Gasteiger partial charge is 0.488 e. The Labute approximate surface area is 134 Å². The zero-order chi connectivity index (χ0) is 15.1. The molecule has 0 aliphatic rings. The van der Waals surface area contributed by atoms with Crippen molar-refractivity contribution < 1.29 is 9.84 Å². The second kappa shape index (κ2) is 8.25. The molecule has 0 radical (unpaired) electrons. The number of halogens is 2. The first-order valence-electron chi connectivity index (χ1n) is 6.67. The predicted molar refractivity (Wildman–Crippen MR) is 86.0 cm³/mol. The quantitative estimate of drug-likeness (QED) is 0.763. The monoisotopic (exact) mass is 325 g/mol. The van der Waals surface area contributed by atoms with E-state index in [4.69, 9.17) is 33.0 Å². The third-order valence-corrected chi connectivity index (χ3v) is 3.72. The highest BCUT2D eigenvalue weighted by Crippen LogP contribution is 2.27. The first-order chi connectivity index (χ1) is 10.2. The number of para-hydroxylation sites is 1. The van der Waals surface area contributed by atoms with Gasteiger partial charge in [-0.05, 0) is 18.2 Å². The molecule has 5 heteroatoms. The summed E-state index contributed by atoms with van der Waals surface area (Å²) in [5, 5.41) is 13.1. The fourth-order valence-corrected chi connectivity index (χ4v) is 2.42. The summed E-state index contributed by atoms with van der Waals surface area (Å²) < 4.78 is 5.84. The number of aliphatic hydroxyl groups is 1. The van der Waals surface area contributed by atoms with Gasteiger partial charge in [-0.15, -0.1) is 0 Å². The van der Waals surface area contributed by atoms with Gasteiger partial charge in [0.05, 0.1) is 6.61 Å². The maximum atomic E-state index is 8.80. The predicted octanol–water partition coefficient (Wildman–Crippen LogP) is 3.65. The molecule has 0 saturated carbocycles. The minimum atomic E-state index is 0.109. The van der Waals surface area contributed by atoms with E-state index < -0.39 is 0 Å². The third-order valence-electron chi connectivity index (χ3n) is 3.01. The molecule has 0 aromatic heterocycles. The Kier molecular flexibility index (Phi) is 6.33. The van der Waals surface area contributed by atoms with Gasteiger partial charge in [-0.25, -0.2) is 0 Å². The van der Waals surface area contributed by atoms with Crippen molar-refractivity contribution in [2.75, 3.05) is 13.2 Å². The molecule has 3 nitrogen and oxygen atoms in total. The third kappa shape index (κ3) is 4.61. The minimum Gasteiger partial charge on any atom is -0.488 e. The van der Waals surface area contributed by atoms with Gasteiger partial charge in [0.1, 0.15) is 12.4 Å². The summed E-state index contributed by atoms with van der Waals surface area (Å²) in [5.41, 5.74) is 1.80. The summed E-state index contributed by atoms with van der Waals surface area (Å²) in [7, 11) is 0. The van der Waals surface area contributed by atoms with Crippen molar-refractivity contribution in [2.45, 2.75) is 13.2 Å². The molecule has 0 unspecified atom stereocenters.